The lowest BCUT2D eigenvalue weighted by Crippen LogP contribution is -2.49. The molecular formula is C15H16N2O3. The van der Waals surface area contributed by atoms with Crippen LogP contribution in [-0.4, -0.2) is 51.3 Å². The van der Waals surface area contributed by atoms with E-state index in [-0.39, 0.29) is 12.5 Å². The molecule has 0 bridgehead atoms. The highest BCUT2D eigenvalue weighted by Crippen LogP contribution is 2.21. The maximum Gasteiger partial charge on any atom is 0.254 e. The van der Waals surface area contributed by atoms with Crippen molar-refractivity contribution in [1.82, 2.24) is 9.88 Å². The molecule has 2 N–H and O–H groups in total. The summed E-state index contributed by atoms with van der Waals surface area (Å²) in [5.74, 6) is -0.118. The summed E-state index contributed by atoms with van der Waals surface area (Å²) in [5.41, 5.74) is 0.605. The third kappa shape index (κ3) is 2.26. The molecule has 1 aromatic carbocycles. The van der Waals surface area contributed by atoms with Crippen molar-refractivity contribution in [2.24, 2.45) is 0 Å². The van der Waals surface area contributed by atoms with Gasteiger partial charge in [-0.1, -0.05) is 12.1 Å². The largest absolute Gasteiger partial charge is 0.390 e. The van der Waals surface area contributed by atoms with Crippen molar-refractivity contribution in [1.29, 1.82) is 0 Å². The van der Waals surface area contributed by atoms with Crippen molar-refractivity contribution in [3.05, 3.63) is 42.2 Å². The Morgan fingerprint density at radius 3 is 2.90 bits per heavy atom. The van der Waals surface area contributed by atoms with Gasteiger partial charge in [0.2, 0.25) is 0 Å². The molecular weight excluding hydrogens is 256 g/mol. The Hall–Kier alpha value is -1.98. The number of aromatic nitrogens is 1. The number of amides is 1. The van der Waals surface area contributed by atoms with Crippen LogP contribution in [0.4, 0.5) is 0 Å². The van der Waals surface area contributed by atoms with Crippen molar-refractivity contribution in [2.45, 2.75) is 18.6 Å². The SMILES string of the molecule is O=C(c1cccc2cnccc12)N1CC[C@@H](O)[C@H](O)C1. The maximum atomic E-state index is 12.6. The van der Waals surface area contributed by atoms with Crippen molar-refractivity contribution in [3.63, 3.8) is 0 Å². The second-order valence-corrected chi connectivity index (χ2v) is 5.08. The number of aliphatic hydroxyl groups is 2. The highest BCUT2D eigenvalue weighted by atomic mass is 16.3. The van der Waals surface area contributed by atoms with Gasteiger partial charge in [-0.2, -0.15) is 0 Å². The molecule has 0 saturated carbocycles. The van der Waals surface area contributed by atoms with Crippen molar-refractivity contribution in [3.8, 4) is 0 Å². The Kier molecular flexibility index (Phi) is 3.38. The number of nitrogens with zero attached hydrogens (tertiary/aromatic N) is 2. The zero-order valence-electron chi connectivity index (χ0n) is 10.9. The standard InChI is InChI=1S/C15H16N2O3/c18-13-5-7-17(9-14(13)19)15(20)12-3-1-2-10-8-16-6-4-11(10)12/h1-4,6,8,13-14,18-19H,5,7,9H2/t13-,14-/m1/s1. The van der Waals surface area contributed by atoms with E-state index in [1.165, 1.54) is 0 Å². The monoisotopic (exact) mass is 272 g/mol. The summed E-state index contributed by atoms with van der Waals surface area (Å²) in [7, 11) is 0. The van der Waals surface area contributed by atoms with E-state index in [9.17, 15) is 15.0 Å². The van der Waals surface area contributed by atoms with Gasteiger partial charge in [0.25, 0.3) is 5.91 Å². The number of rotatable bonds is 1. The molecule has 20 heavy (non-hydrogen) atoms. The first kappa shape index (κ1) is 13.0. The van der Waals surface area contributed by atoms with Crippen molar-refractivity contribution >= 4 is 16.7 Å². The molecule has 0 spiro atoms. The van der Waals surface area contributed by atoms with Gasteiger partial charge in [0.05, 0.1) is 12.2 Å². The Morgan fingerprint density at radius 1 is 1.25 bits per heavy atom. The lowest BCUT2D eigenvalue weighted by Gasteiger charge is -2.33. The fraction of sp³-hybridized carbons (Fsp3) is 0.333. The molecule has 1 aliphatic rings. The third-order valence-corrected chi connectivity index (χ3v) is 3.74. The van der Waals surface area contributed by atoms with Crippen molar-refractivity contribution < 1.29 is 15.0 Å². The normalized spacial score (nSPS) is 23.0. The summed E-state index contributed by atoms with van der Waals surface area (Å²) in [6.45, 7) is 0.625. The van der Waals surface area contributed by atoms with Crippen LogP contribution in [0.2, 0.25) is 0 Å². The predicted molar refractivity (Wildman–Crippen MR) is 74.3 cm³/mol. The number of carbonyl (C=O) groups excluding carboxylic acids is 1. The van der Waals surface area contributed by atoms with Gasteiger partial charge >= 0.3 is 0 Å². The van der Waals surface area contributed by atoms with Gasteiger partial charge in [-0.05, 0) is 23.9 Å². The second kappa shape index (κ2) is 5.19. The number of fused-ring (bicyclic) bond motifs is 1. The number of pyridine rings is 1. The van der Waals surface area contributed by atoms with Crippen LogP contribution in [0.25, 0.3) is 10.8 Å². The molecule has 2 atom stereocenters. The Morgan fingerprint density at radius 2 is 2.10 bits per heavy atom. The molecule has 1 fully saturated rings. The molecule has 1 saturated heterocycles. The van der Waals surface area contributed by atoms with E-state index >= 15 is 0 Å². The lowest BCUT2D eigenvalue weighted by molar-refractivity contribution is -0.0321. The van der Waals surface area contributed by atoms with E-state index in [1.54, 1.807) is 23.4 Å². The highest BCUT2D eigenvalue weighted by molar-refractivity contribution is 6.06. The van der Waals surface area contributed by atoms with E-state index in [1.807, 2.05) is 18.2 Å². The number of piperidine rings is 1. The fourth-order valence-electron chi connectivity index (χ4n) is 2.58. The Labute approximate surface area is 116 Å². The van der Waals surface area contributed by atoms with Crippen LogP contribution in [-0.2, 0) is 0 Å². The summed E-state index contributed by atoms with van der Waals surface area (Å²) in [6.07, 6.45) is 2.17. The molecule has 2 heterocycles. The molecule has 104 valence electrons. The number of carbonyl (C=O) groups is 1. The van der Waals surface area contributed by atoms with Gasteiger partial charge in [0, 0.05) is 36.4 Å². The zero-order chi connectivity index (χ0) is 14.1. The van der Waals surface area contributed by atoms with E-state index in [0.717, 1.165) is 10.8 Å². The summed E-state index contributed by atoms with van der Waals surface area (Å²) in [6, 6.07) is 7.33. The van der Waals surface area contributed by atoms with Gasteiger partial charge in [-0.25, -0.2) is 0 Å². The van der Waals surface area contributed by atoms with Crippen LogP contribution in [0.3, 0.4) is 0 Å². The van der Waals surface area contributed by atoms with Crippen LogP contribution in [0.1, 0.15) is 16.8 Å². The lowest BCUT2D eigenvalue weighted by atomic mass is 10.0. The molecule has 5 heteroatoms. The molecule has 0 aliphatic carbocycles. The molecule has 1 aliphatic heterocycles. The van der Waals surface area contributed by atoms with Gasteiger partial charge in [0.15, 0.2) is 0 Å². The van der Waals surface area contributed by atoms with E-state index in [0.29, 0.717) is 18.5 Å². The van der Waals surface area contributed by atoms with E-state index < -0.39 is 12.2 Å². The zero-order valence-corrected chi connectivity index (χ0v) is 10.9. The van der Waals surface area contributed by atoms with Crippen LogP contribution < -0.4 is 0 Å². The van der Waals surface area contributed by atoms with Crippen molar-refractivity contribution in [2.75, 3.05) is 13.1 Å². The number of aliphatic hydroxyl groups excluding tert-OH is 2. The van der Waals surface area contributed by atoms with Crippen LogP contribution in [0.15, 0.2) is 36.7 Å². The number of hydrogen-bond donors (Lipinski definition) is 2. The van der Waals surface area contributed by atoms with Gasteiger partial charge < -0.3 is 15.1 Å². The summed E-state index contributed by atoms with van der Waals surface area (Å²) in [5, 5.41) is 21.0. The Bertz CT molecular complexity index is 639. The fourth-order valence-corrected chi connectivity index (χ4v) is 2.58. The van der Waals surface area contributed by atoms with Crippen LogP contribution in [0.5, 0.6) is 0 Å². The number of β-amino-alcohol motifs (C(OH)–C–C–N with tert-alkyl or cyclic N) is 1. The average molecular weight is 272 g/mol. The van der Waals surface area contributed by atoms with Gasteiger partial charge in [-0.15, -0.1) is 0 Å². The molecule has 5 nitrogen and oxygen atoms in total. The maximum absolute atomic E-state index is 12.6. The number of hydrogen-bond acceptors (Lipinski definition) is 4. The van der Waals surface area contributed by atoms with Crippen LogP contribution >= 0.6 is 0 Å². The summed E-state index contributed by atoms with van der Waals surface area (Å²) >= 11 is 0. The predicted octanol–water partition coefficient (Wildman–Crippen LogP) is 0.803. The van der Waals surface area contributed by atoms with Gasteiger partial charge in [-0.3, -0.25) is 9.78 Å². The molecule has 3 rings (SSSR count). The topological polar surface area (TPSA) is 73.7 Å². The Balaban J connectivity index is 1.93. The van der Waals surface area contributed by atoms with E-state index in [4.69, 9.17) is 0 Å². The number of benzene rings is 1. The van der Waals surface area contributed by atoms with E-state index in [2.05, 4.69) is 4.98 Å². The van der Waals surface area contributed by atoms with Gasteiger partial charge in [0.1, 0.15) is 0 Å². The highest BCUT2D eigenvalue weighted by Gasteiger charge is 2.29. The molecule has 0 radical (unpaired) electrons. The smallest absolute Gasteiger partial charge is 0.254 e. The first-order valence-corrected chi connectivity index (χ1v) is 6.65. The first-order valence-electron chi connectivity index (χ1n) is 6.65. The average Bonchev–Trinajstić information content (AvgIpc) is 2.49. The molecule has 1 aromatic heterocycles. The minimum Gasteiger partial charge on any atom is -0.390 e. The van der Waals surface area contributed by atoms with Crippen LogP contribution in [0, 0.1) is 0 Å². The summed E-state index contributed by atoms with van der Waals surface area (Å²) < 4.78 is 0. The number of likely N-dealkylation sites (tertiary alicyclic amines) is 1. The molecule has 2 aromatic rings. The molecule has 1 amide bonds. The molecule has 0 unspecified atom stereocenters. The minimum absolute atomic E-state index is 0.118. The first-order chi connectivity index (χ1) is 9.66. The minimum atomic E-state index is -0.871. The summed E-state index contributed by atoms with van der Waals surface area (Å²) in [4.78, 5) is 18.2. The quantitative estimate of drug-likeness (QED) is 0.805. The second-order valence-electron chi connectivity index (χ2n) is 5.08. The third-order valence-electron chi connectivity index (χ3n) is 3.74.